The van der Waals surface area contributed by atoms with Crippen molar-refractivity contribution in [3.05, 3.63) is 30.1 Å². The highest BCUT2D eigenvalue weighted by molar-refractivity contribution is 5.82. The molecule has 104 valence electrons. The molecule has 0 bridgehead atoms. The maximum Gasteiger partial charge on any atom is 0.328 e. The molecule has 19 heavy (non-hydrogen) atoms. The van der Waals surface area contributed by atoms with Gasteiger partial charge in [0.1, 0.15) is 11.9 Å². The third kappa shape index (κ3) is 4.24. The number of likely N-dealkylation sites (N-methyl/N-ethyl adjacent to an activating group) is 1. The number of rotatable bonds is 6. The topological polar surface area (TPSA) is 69.6 Å². The predicted octanol–water partition coefficient (Wildman–Crippen LogP) is 1.24. The lowest BCUT2D eigenvalue weighted by Crippen LogP contribution is -2.48. The van der Waals surface area contributed by atoms with Crippen LogP contribution >= 0.6 is 0 Å². The number of aliphatic carboxylic acids is 1. The third-order valence-corrected chi connectivity index (χ3v) is 2.65. The van der Waals surface area contributed by atoms with Crippen LogP contribution < -0.4 is 10.2 Å². The lowest BCUT2D eigenvalue weighted by atomic mass is 10.2. The summed E-state index contributed by atoms with van der Waals surface area (Å²) in [6.45, 7) is 3.48. The van der Waals surface area contributed by atoms with Crippen LogP contribution in [0, 0.1) is 5.82 Å². The highest BCUT2D eigenvalue weighted by Gasteiger charge is 2.22. The SMILES string of the molecule is CCN(CC(NC(C)=O)C(=O)O)c1ccccc1F. The molecule has 5 nitrogen and oxygen atoms in total. The van der Waals surface area contributed by atoms with E-state index in [1.807, 2.05) is 0 Å². The van der Waals surface area contributed by atoms with Crippen molar-refractivity contribution in [2.45, 2.75) is 19.9 Å². The van der Waals surface area contributed by atoms with Crippen molar-refractivity contribution < 1.29 is 19.1 Å². The average Bonchev–Trinajstić information content (AvgIpc) is 2.35. The molecule has 2 N–H and O–H groups in total. The van der Waals surface area contributed by atoms with Crippen LogP contribution in [-0.2, 0) is 9.59 Å². The van der Waals surface area contributed by atoms with Gasteiger partial charge in [-0.25, -0.2) is 9.18 Å². The van der Waals surface area contributed by atoms with Crippen LogP contribution in [0.4, 0.5) is 10.1 Å². The van der Waals surface area contributed by atoms with Gasteiger partial charge in [-0.3, -0.25) is 4.79 Å². The molecule has 0 aromatic heterocycles. The van der Waals surface area contributed by atoms with E-state index in [-0.39, 0.29) is 6.54 Å². The van der Waals surface area contributed by atoms with Gasteiger partial charge in [0.2, 0.25) is 5.91 Å². The van der Waals surface area contributed by atoms with Gasteiger partial charge in [0.25, 0.3) is 0 Å². The van der Waals surface area contributed by atoms with E-state index in [0.29, 0.717) is 12.2 Å². The molecular weight excluding hydrogens is 251 g/mol. The summed E-state index contributed by atoms with van der Waals surface area (Å²) in [6.07, 6.45) is 0. The number of hydrogen-bond acceptors (Lipinski definition) is 3. The number of carboxylic acids is 1. The first-order valence-corrected chi connectivity index (χ1v) is 5.95. The van der Waals surface area contributed by atoms with Crippen LogP contribution in [0.15, 0.2) is 24.3 Å². The molecule has 0 radical (unpaired) electrons. The normalized spacial score (nSPS) is 11.7. The predicted molar refractivity (Wildman–Crippen MR) is 69.5 cm³/mol. The first kappa shape index (κ1) is 14.9. The molecule has 0 saturated carbocycles. The summed E-state index contributed by atoms with van der Waals surface area (Å²) < 4.78 is 13.7. The monoisotopic (exact) mass is 268 g/mol. The van der Waals surface area contributed by atoms with E-state index >= 15 is 0 Å². The number of para-hydroxylation sites is 1. The summed E-state index contributed by atoms with van der Waals surface area (Å²) in [6, 6.07) is 5.05. The molecular formula is C13H17FN2O3. The Bertz CT molecular complexity index is 465. The van der Waals surface area contributed by atoms with Gasteiger partial charge in [-0.1, -0.05) is 12.1 Å². The van der Waals surface area contributed by atoms with Gasteiger partial charge in [0, 0.05) is 20.0 Å². The number of nitrogens with zero attached hydrogens (tertiary/aromatic N) is 1. The number of anilines is 1. The van der Waals surface area contributed by atoms with Crippen molar-refractivity contribution in [2.24, 2.45) is 0 Å². The summed E-state index contributed by atoms with van der Waals surface area (Å²) in [5.41, 5.74) is 0.321. The van der Waals surface area contributed by atoms with Crippen molar-refractivity contribution in [1.82, 2.24) is 5.32 Å². The highest BCUT2D eigenvalue weighted by atomic mass is 19.1. The Balaban J connectivity index is 2.88. The standard InChI is InChI=1S/C13H17FN2O3/c1-3-16(12-7-5-4-6-10(12)14)8-11(13(18)19)15-9(2)17/h4-7,11H,3,8H2,1-2H3,(H,15,17)(H,18,19). The number of carboxylic acid groups (broad SMARTS) is 1. The van der Waals surface area contributed by atoms with Crippen molar-refractivity contribution in [1.29, 1.82) is 0 Å². The first-order valence-electron chi connectivity index (χ1n) is 5.95. The van der Waals surface area contributed by atoms with Crippen molar-refractivity contribution >= 4 is 17.6 Å². The van der Waals surface area contributed by atoms with E-state index in [4.69, 9.17) is 5.11 Å². The molecule has 1 atom stereocenters. The molecule has 0 aliphatic rings. The molecule has 1 amide bonds. The molecule has 1 rings (SSSR count). The molecule has 1 unspecified atom stereocenters. The Kier molecular flexibility index (Phi) is 5.29. The largest absolute Gasteiger partial charge is 0.480 e. The van der Waals surface area contributed by atoms with Gasteiger partial charge in [-0.2, -0.15) is 0 Å². The van der Waals surface area contributed by atoms with E-state index in [9.17, 15) is 14.0 Å². The quantitative estimate of drug-likeness (QED) is 0.814. The number of amides is 1. The molecule has 1 aromatic rings. The zero-order valence-electron chi connectivity index (χ0n) is 10.9. The highest BCUT2D eigenvalue weighted by Crippen LogP contribution is 2.18. The fourth-order valence-corrected chi connectivity index (χ4v) is 1.76. The first-order chi connectivity index (χ1) is 8.95. The Morgan fingerprint density at radius 1 is 1.42 bits per heavy atom. The van der Waals surface area contributed by atoms with E-state index in [1.54, 1.807) is 30.0 Å². The Labute approximate surface area is 111 Å². The second-order valence-corrected chi connectivity index (χ2v) is 4.08. The van der Waals surface area contributed by atoms with E-state index in [2.05, 4.69) is 5.32 Å². The van der Waals surface area contributed by atoms with E-state index < -0.39 is 23.7 Å². The second-order valence-electron chi connectivity index (χ2n) is 4.08. The smallest absolute Gasteiger partial charge is 0.328 e. The van der Waals surface area contributed by atoms with Crippen molar-refractivity contribution in [3.63, 3.8) is 0 Å². The minimum Gasteiger partial charge on any atom is -0.480 e. The fourth-order valence-electron chi connectivity index (χ4n) is 1.76. The summed E-state index contributed by atoms with van der Waals surface area (Å²) in [7, 11) is 0. The fraction of sp³-hybridized carbons (Fsp3) is 0.385. The van der Waals surface area contributed by atoms with Crippen LogP contribution in [0.3, 0.4) is 0 Å². The summed E-state index contributed by atoms with van der Waals surface area (Å²) >= 11 is 0. The third-order valence-electron chi connectivity index (χ3n) is 2.65. The summed E-state index contributed by atoms with van der Waals surface area (Å²) in [4.78, 5) is 23.6. The number of carbonyl (C=O) groups excluding carboxylic acids is 1. The van der Waals surface area contributed by atoms with Crippen LogP contribution in [0.2, 0.25) is 0 Å². The van der Waals surface area contributed by atoms with Crippen molar-refractivity contribution in [3.8, 4) is 0 Å². The average molecular weight is 268 g/mol. The zero-order valence-corrected chi connectivity index (χ0v) is 10.9. The molecule has 0 heterocycles. The van der Waals surface area contributed by atoms with Gasteiger partial charge in [-0.15, -0.1) is 0 Å². The molecule has 0 spiro atoms. The number of nitrogens with one attached hydrogen (secondary N) is 1. The Hall–Kier alpha value is -2.11. The number of hydrogen-bond donors (Lipinski definition) is 2. The van der Waals surface area contributed by atoms with Crippen LogP contribution in [0.5, 0.6) is 0 Å². The lowest BCUT2D eigenvalue weighted by Gasteiger charge is -2.27. The van der Waals surface area contributed by atoms with Gasteiger partial charge in [0.15, 0.2) is 0 Å². The molecule has 0 saturated heterocycles. The maximum absolute atomic E-state index is 13.7. The van der Waals surface area contributed by atoms with E-state index in [0.717, 1.165) is 0 Å². The van der Waals surface area contributed by atoms with Crippen LogP contribution in [0.1, 0.15) is 13.8 Å². The van der Waals surface area contributed by atoms with Crippen molar-refractivity contribution in [2.75, 3.05) is 18.0 Å². The minimum absolute atomic E-state index is 0.00630. The number of halogens is 1. The van der Waals surface area contributed by atoms with Gasteiger partial charge in [-0.05, 0) is 19.1 Å². The lowest BCUT2D eigenvalue weighted by molar-refractivity contribution is -0.141. The summed E-state index contributed by atoms with van der Waals surface area (Å²) in [5, 5.41) is 11.4. The summed E-state index contributed by atoms with van der Waals surface area (Å²) in [5.74, 6) is -2.00. The van der Waals surface area contributed by atoms with Gasteiger partial charge < -0.3 is 15.3 Å². The van der Waals surface area contributed by atoms with E-state index in [1.165, 1.54) is 13.0 Å². The molecule has 0 aliphatic carbocycles. The Morgan fingerprint density at radius 2 is 2.05 bits per heavy atom. The number of carbonyl (C=O) groups is 2. The minimum atomic E-state index is -1.15. The zero-order chi connectivity index (χ0) is 14.4. The van der Waals surface area contributed by atoms with Gasteiger partial charge in [0.05, 0.1) is 5.69 Å². The second kappa shape index (κ2) is 6.72. The molecule has 6 heteroatoms. The number of benzene rings is 1. The molecule has 0 aliphatic heterocycles. The maximum atomic E-state index is 13.7. The Morgan fingerprint density at radius 3 is 2.53 bits per heavy atom. The van der Waals surface area contributed by atoms with Gasteiger partial charge >= 0.3 is 5.97 Å². The van der Waals surface area contributed by atoms with Crippen LogP contribution in [-0.4, -0.2) is 36.1 Å². The molecule has 1 aromatic carbocycles. The molecule has 0 fully saturated rings. The van der Waals surface area contributed by atoms with Crippen LogP contribution in [0.25, 0.3) is 0 Å².